The van der Waals surface area contributed by atoms with Crippen molar-refractivity contribution in [2.75, 3.05) is 24.6 Å². The van der Waals surface area contributed by atoms with E-state index in [4.69, 9.17) is 0 Å². The number of likely N-dealkylation sites (tertiary alicyclic amines) is 1. The van der Waals surface area contributed by atoms with E-state index in [2.05, 4.69) is 0 Å². The molecule has 5 nitrogen and oxygen atoms in total. The molecule has 0 spiro atoms. The summed E-state index contributed by atoms with van der Waals surface area (Å²) in [4.78, 5) is 30.5. The lowest BCUT2D eigenvalue weighted by atomic mass is 9.97. The van der Waals surface area contributed by atoms with Crippen molar-refractivity contribution in [3.63, 3.8) is 0 Å². The maximum atomic E-state index is 13.6. The van der Waals surface area contributed by atoms with E-state index in [1.807, 2.05) is 67.3 Å². The first-order chi connectivity index (χ1) is 14.0. The topological polar surface area (TPSA) is 60.9 Å². The zero-order valence-corrected chi connectivity index (χ0v) is 16.9. The first-order valence-electron chi connectivity index (χ1n) is 10.1. The Morgan fingerprint density at radius 3 is 2.52 bits per heavy atom. The van der Waals surface area contributed by atoms with E-state index in [1.54, 1.807) is 0 Å². The monoisotopic (exact) mass is 390 g/mol. The van der Waals surface area contributed by atoms with Crippen LogP contribution in [-0.2, 0) is 9.59 Å². The van der Waals surface area contributed by atoms with Gasteiger partial charge in [0.25, 0.3) is 11.8 Å². The Hall–Kier alpha value is -2.92. The van der Waals surface area contributed by atoms with E-state index < -0.39 is 0 Å². The lowest BCUT2D eigenvalue weighted by Gasteiger charge is -2.34. The molecule has 4 rings (SSSR count). The summed E-state index contributed by atoms with van der Waals surface area (Å²) in [6.45, 7) is 5.26. The highest BCUT2D eigenvalue weighted by molar-refractivity contribution is 6.45. The van der Waals surface area contributed by atoms with Crippen LogP contribution >= 0.6 is 0 Å². The minimum atomic E-state index is -0.281. The van der Waals surface area contributed by atoms with Crippen LogP contribution in [0.25, 0.3) is 5.57 Å². The quantitative estimate of drug-likeness (QED) is 0.814. The average molecular weight is 390 g/mol. The molecule has 0 saturated carbocycles. The number of aryl methyl sites for hydroxylation is 2. The van der Waals surface area contributed by atoms with Crippen LogP contribution < -0.4 is 4.90 Å². The lowest BCUT2D eigenvalue weighted by Crippen LogP contribution is -2.40. The number of benzene rings is 2. The summed E-state index contributed by atoms with van der Waals surface area (Å²) in [5.41, 5.74) is 4.19. The van der Waals surface area contributed by atoms with Crippen LogP contribution in [0, 0.1) is 19.8 Å². The Balaban J connectivity index is 1.83. The first-order valence-corrected chi connectivity index (χ1v) is 10.1. The number of hydrogen-bond acceptors (Lipinski definition) is 4. The van der Waals surface area contributed by atoms with Gasteiger partial charge in [-0.3, -0.25) is 9.59 Å². The number of imide groups is 1. The van der Waals surface area contributed by atoms with Gasteiger partial charge in [-0.1, -0.05) is 42.5 Å². The molecule has 2 aliphatic heterocycles. The van der Waals surface area contributed by atoms with Gasteiger partial charge in [0.2, 0.25) is 0 Å². The molecule has 150 valence electrons. The van der Waals surface area contributed by atoms with Crippen molar-refractivity contribution in [2.45, 2.75) is 26.7 Å². The first kappa shape index (κ1) is 19.4. The Morgan fingerprint density at radius 1 is 1.03 bits per heavy atom. The van der Waals surface area contributed by atoms with Gasteiger partial charge < -0.3 is 10.0 Å². The molecule has 1 saturated heterocycles. The fourth-order valence-corrected chi connectivity index (χ4v) is 4.27. The van der Waals surface area contributed by atoms with Crippen LogP contribution in [0.4, 0.5) is 5.69 Å². The molecule has 1 N–H and O–H groups in total. The summed E-state index contributed by atoms with van der Waals surface area (Å²) in [5.74, 6) is -0.442. The van der Waals surface area contributed by atoms with Gasteiger partial charge in [0.15, 0.2) is 0 Å². The predicted molar refractivity (Wildman–Crippen MR) is 113 cm³/mol. The fourth-order valence-electron chi connectivity index (χ4n) is 4.27. The number of hydrogen-bond donors (Lipinski definition) is 1. The van der Waals surface area contributed by atoms with E-state index in [1.165, 1.54) is 4.90 Å². The predicted octanol–water partition coefficient (Wildman–Crippen LogP) is 3.29. The molecule has 2 amide bonds. The van der Waals surface area contributed by atoms with Gasteiger partial charge in [0, 0.05) is 19.7 Å². The zero-order valence-electron chi connectivity index (χ0n) is 16.9. The molecule has 0 radical (unpaired) electrons. The number of nitrogens with zero attached hydrogens (tertiary/aromatic N) is 2. The highest BCUT2D eigenvalue weighted by Crippen LogP contribution is 2.37. The van der Waals surface area contributed by atoms with Crippen LogP contribution in [-0.4, -0.2) is 41.5 Å². The minimum Gasteiger partial charge on any atom is -0.396 e. The van der Waals surface area contributed by atoms with Crippen LogP contribution in [0.1, 0.15) is 29.5 Å². The van der Waals surface area contributed by atoms with Crippen LogP contribution in [0.2, 0.25) is 0 Å². The van der Waals surface area contributed by atoms with Crippen molar-refractivity contribution >= 4 is 23.1 Å². The summed E-state index contributed by atoms with van der Waals surface area (Å²) in [6.07, 6.45) is 1.82. The molecule has 29 heavy (non-hydrogen) atoms. The summed E-state index contributed by atoms with van der Waals surface area (Å²) >= 11 is 0. The van der Waals surface area contributed by atoms with Gasteiger partial charge >= 0.3 is 0 Å². The van der Waals surface area contributed by atoms with Crippen molar-refractivity contribution < 1.29 is 14.7 Å². The summed E-state index contributed by atoms with van der Waals surface area (Å²) in [6, 6.07) is 15.2. The maximum absolute atomic E-state index is 13.6. The third-order valence-corrected chi connectivity index (χ3v) is 5.82. The highest BCUT2D eigenvalue weighted by atomic mass is 16.3. The molecule has 1 fully saturated rings. The molecule has 0 aliphatic carbocycles. The number of amides is 2. The Kier molecular flexibility index (Phi) is 5.24. The van der Waals surface area contributed by atoms with Gasteiger partial charge in [-0.2, -0.15) is 0 Å². The maximum Gasteiger partial charge on any atom is 0.282 e. The number of carbonyl (C=O) groups is 2. The highest BCUT2D eigenvalue weighted by Gasteiger charge is 2.43. The SMILES string of the molecule is Cc1ccc(C)c(N2C(=O)C(c3ccccc3)=C(N3CCCC(CO)C3)C2=O)c1. The molecule has 1 atom stereocenters. The molecule has 5 heteroatoms. The van der Waals surface area contributed by atoms with Crippen molar-refractivity contribution in [2.24, 2.45) is 5.92 Å². The number of anilines is 1. The van der Waals surface area contributed by atoms with Gasteiger partial charge in [0.1, 0.15) is 5.70 Å². The third kappa shape index (κ3) is 3.47. The number of aliphatic hydroxyl groups is 1. The van der Waals surface area contributed by atoms with E-state index in [0.717, 1.165) is 29.5 Å². The smallest absolute Gasteiger partial charge is 0.282 e. The fraction of sp³-hybridized carbons (Fsp3) is 0.333. The largest absolute Gasteiger partial charge is 0.396 e. The van der Waals surface area contributed by atoms with Crippen LogP contribution in [0.5, 0.6) is 0 Å². The van der Waals surface area contributed by atoms with E-state index >= 15 is 0 Å². The summed E-state index contributed by atoms with van der Waals surface area (Å²) in [7, 11) is 0. The van der Waals surface area contributed by atoms with Crippen molar-refractivity contribution in [1.82, 2.24) is 4.90 Å². The van der Waals surface area contributed by atoms with Crippen molar-refractivity contribution in [3.8, 4) is 0 Å². The minimum absolute atomic E-state index is 0.0906. The molecule has 2 aliphatic rings. The summed E-state index contributed by atoms with van der Waals surface area (Å²) < 4.78 is 0. The second-order valence-corrected chi connectivity index (χ2v) is 7.96. The van der Waals surface area contributed by atoms with E-state index in [-0.39, 0.29) is 24.3 Å². The van der Waals surface area contributed by atoms with Gasteiger partial charge in [0.05, 0.1) is 11.3 Å². The lowest BCUT2D eigenvalue weighted by molar-refractivity contribution is -0.120. The molecule has 2 heterocycles. The number of carbonyl (C=O) groups excluding carboxylic acids is 2. The molecule has 1 unspecified atom stereocenters. The van der Waals surface area contributed by atoms with Gasteiger partial charge in [-0.15, -0.1) is 0 Å². The molecular weight excluding hydrogens is 364 g/mol. The Labute approximate surface area is 171 Å². The number of piperidine rings is 1. The third-order valence-electron chi connectivity index (χ3n) is 5.82. The van der Waals surface area contributed by atoms with Crippen LogP contribution in [0.15, 0.2) is 54.2 Å². The molecule has 0 bridgehead atoms. The molecule has 2 aromatic carbocycles. The van der Waals surface area contributed by atoms with Crippen molar-refractivity contribution in [1.29, 1.82) is 0 Å². The van der Waals surface area contributed by atoms with E-state index in [9.17, 15) is 14.7 Å². The normalized spacial score (nSPS) is 20.0. The zero-order chi connectivity index (χ0) is 20.5. The standard InChI is InChI=1S/C24H26N2O3/c1-16-10-11-17(2)20(13-16)26-23(28)21(19-8-4-3-5-9-19)22(24(26)29)25-12-6-7-18(14-25)15-27/h3-5,8-11,13,18,27H,6-7,12,14-15H2,1-2H3. The average Bonchev–Trinajstić information content (AvgIpc) is 3.00. The Morgan fingerprint density at radius 2 is 1.79 bits per heavy atom. The van der Waals surface area contributed by atoms with Gasteiger partial charge in [-0.05, 0) is 55.4 Å². The second kappa shape index (κ2) is 7.84. The Bertz CT molecular complexity index is 981. The molecular formula is C24H26N2O3. The number of aliphatic hydroxyl groups excluding tert-OH is 1. The molecule has 2 aromatic rings. The van der Waals surface area contributed by atoms with E-state index in [0.29, 0.717) is 30.0 Å². The second-order valence-electron chi connectivity index (χ2n) is 7.96. The molecule has 0 aromatic heterocycles. The van der Waals surface area contributed by atoms with Crippen LogP contribution in [0.3, 0.4) is 0 Å². The van der Waals surface area contributed by atoms with Gasteiger partial charge in [-0.25, -0.2) is 4.90 Å². The number of rotatable bonds is 4. The van der Waals surface area contributed by atoms with Crippen molar-refractivity contribution in [3.05, 3.63) is 70.9 Å². The summed E-state index contributed by atoms with van der Waals surface area (Å²) in [5, 5.41) is 9.64.